The summed E-state index contributed by atoms with van der Waals surface area (Å²) in [5, 5.41) is 3.25. The van der Waals surface area contributed by atoms with Gasteiger partial charge >= 0.3 is 0 Å². The Bertz CT molecular complexity index is 419. The lowest BCUT2D eigenvalue weighted by Gasteiger charge is -2.15. The molecule has 0 aliphatic carbocycles. The minimum atomic E-state index is 0.245. The molecule has 1 aromatic heterocycles. The molecular weight excluding hydrogens is 244 g/mol. The smallest absolute Gasteiger partial charge is 0.242 e. The van der Waals surface area contributed by atoms with E-state index in [2.05, 4.69) is 15.3 Å². The van der Waals surface area contributed by atoms with Gasteiger partial charge in [0.15, 0.2) is 5.82 Å². The van der Waals surface area contributed by atoms with Crippen LogP contribution < -0.4 is 15.8 Å². The number of nitrogens with one attached hydrogen (secondary N) is 1. The molecule has 0 bridgehead atoms. The highest BCUT2D eigenvalue weighted by Gasteiger charge is 2.17. The van der Waals surface area contributed by atoms with Crippen molar-refractivity contribution >= 4 is 11.5 Å². The monoisotopic (exact) mass is 266 g/mol. The molecule has 6 heteroatoms. The van der Waals surface area contributed by atoms with Gasteiger partial charge in [0.05, 0.1) is 12.7 Å². The van der Waals surface area contributed by atoms with Gasteiger partial charge in [-0.05, 0) is 19.8 Å². The number of aromatic nitrogens is 2. The lowest BCUT2D eigenvalue weighted by Crippen LogP contribution is -2.20. The van der Waals surface area contributed by atoms with Crippen LogP contribution in [0.3, 0.4) is 0 Å². The Kier molecular flexibility index (Phi) is 4.79. The molecule has 1 aliphatic heterocycles. The zero-order valence-corrected chi connectivity index (χ0v) is 11.6. The van der Waals surface area contributed by atoms with E-state index in [0.29, 0.717) is 24.0 Å². The van der Waals surface area contributed by atoms with Crippen LogP contribution in [-0.2, 0) is 11.2 Å². The van der Waals surface area contributed by atoms with Gasteiger partial charge in [-0.2, -0.15) is 4.98 Å². The van der Waals surface area contributed by atoms with Crippen molar-refractivity contribution in [2.45, 2.75) is 39.2 Å². The summed E-state index contributed by atoms with van der Waals surface area (Å²) in [7, 11) is 0. The van der Waals surface area contributed by atoms with Gasteiger partial charge in [-0.1, -0.05) is 6.92 Å². The number of rotatable bonds is 6. The second kappa shape index (κ2) is 6.56. The highest BCUT2D eigenvalue weighted by Crippen LogP contribution is 2.26. The fourth-order valence-electron chi connectivity index (χ4n) is 2.05. The van der Waals surface area contributed by atoms with Crippen molar-refractivity contribution in [2.75, 3.05) is 30.8 Å². The van der Waals surface area contributed by atoms with E-state index in [1.165, 1.54) is 0 Å². The Labute approximate surface area is 113 Å². The number of nitrogens with two attached hydrogens (primary N) is 1. The molecule has 1 saturated heterocycles. The first-order valence-corrected chi connectivity index (χ1v) is 6.89. The summed E-state index contributed by atoms with van der Waals surface area (Å²) in [6.45, 7) is 6.01. The van der Waals surface area contributed by atoms with Crippen molar-refractivity contribution < 1.29 is 9.47 Å². The van der Waals surface area contributed by atoms with Crippen LogP contribution >= 0.6 is 0 Å². The van der Waals surface area contributed by atoms with Crippen molar-refractivity contribution in [3.63, 3.8) is 0 Å². The number of nitrogen functional groups attached to an aromatic ring is 1. The van der Waals surface area contributed by atoms with Crippen molar-refractivity contribution in [2.24, 2.45) is 0 Å². The van der Waals surface area contributed by atoms with Crippen LogP contribution in [0.2, 0.25) is 0 Å². The molecule has 1 aromatic rings. The van der Waals surface area contributed by atoms with Gasteiger partial charge in [-0.15, -0.1) is 0 Å². The van der Waals surface area contributed by atoms with Crippen LogP contribution in [0.4, 0.5) is 11.5 Å². The molecule has 1 aliphatic rings. The molecule has 1 unspecified atom stereocenters. The highest BCUT2D eigenvalue weighted by atomic mass is 16.5. The molecule has 2 rings (SSSR count). The molecule has 0 aromatic carbocycles. The number of hydrogen-bond donors (Lipinski definition) is 2. The largest absolute Gasteiger partial charge is 0.476 e. The summed E-state index contributed by atoms with van der Waals surface area (Å²) in [6.07, 6.45) is 3.19. The van der Waals surface area contributed by atoms with Crippen LogP contribution in [0, 0.1) is 0 Å². The normalized spacial score (nSPS) is 18.5. The Morgan fingerprint density at radius 1 is 1.42 bits per heavy atom. The molecule has 0 saturated carbocycles. The molecule has 3 N–H and O–H groups in total. The fraction of sp³-hybridized carbons (Fsp3) is 0.692. The fourth-order valence-corrected chi connectivity index (χ4v) is 2.05. The molecule has 0 spiro atoms. The molecule has 106 valence electrons. The molecule has 1 atom stereocenters. The maximum atomic E-state index is 6.02. The van der Waals surface area contributed by atoms with Gasteiger partial charge in [-0.3, -0.25) is 0 Å². The maximum Gasteiger partial charge on any atom is 0.242 e. The molecular formula is C13H22N4O2. The quantitative estimate of drug-likeness (QED) is 0.814. The van der Waals surface area contributed by atoms with E-state index < -0.39 is 0 Å². The van der Waals surface area contributed by atoms with Gasteiger partial charge in [0.25, 0.3) is 0 Å². The van der Waals surface area contributed by atoms with Crippen LogP contribution in [-0.4, -0.2) is 35.8 Å². The second-order valence-corrected chi connectivity index (χ2v) is 4.51. The number of aryl methyl sites for hydroxylation is 1. The molecule has 0 amide bonds. The molecule has 1 fully saturated rings. The number of hydrogen-bond acceptors (Lipinski definition) is 6. The minimum absolute atomic E-state index is 0.245. The average molecular weight is 266 g/mol. The van der Waals surface area contributed by atoms with E-state index in [4.69, 9.17) is 15.2 Å². The number of ether oxygens (including phenoxy) is 2. The predicted molar refractivity (Wildman–Crippen MR) is 74.5 cm³/mol. The lowest BCUT2D eigenvalue weighted by molar-refractivity contribution is 0.120. The van der Waals surface area contributed by atoms with Gasteiger partial charge < -0.3 is 20.5 Å². The summed E-state index contributed by atoms with van der Waals surface area (Å²) in [4.78, 5) is 8.70. The predicted octanol–water partition coefficient (Wildman–Crippen LogP) is 1.61. The van der Waals surface area contributed by atoms with Gasteiger partial charge in [-0.25, -0.2) is 4.98 Å². The van der Waals surface area contributed by atoms with Gasteiger partial charge in [0.2, 0.25) is 5.88 Å². The third kappa shape index (κ3) is 3.47. The summed E-state index contributed by atoms with van der Waals surface area (Å²) >= 11 is 0. The van der Waals surface area contributed by atoms with Crippen LogP contribution in [0.1, 0.15) is 32.5 Å². The molecule has 19 heavy (non-hydrogen) atoms. The van der Waals surface area contributed by atoms with Crippen molar-refractivity contribution in [1.82, 2.24) is 9.97 Å². The van der Waals surface area contributed by atoms with E-state index in [1.807, 2.05) is 13.8 Å². The van der Waals surface area contributed by atoms with Crippen molar-refractivity contribution in [3.8, 4) is 5.88 Å². The number of anilines is 2. The van der Waals surface area contributed by atoms with Crippen LogP contribution in [0.25, 0.3) is 0 Å². The Morgan fingerprint density at radius 2 is 2.26 bits per heavy atom. The number of nitrogens with zero attached hydrogens (tertiary/aromatic N) is 2. The lowest BCUT2D eigenvalue weighted by atomic mass is 10.2. The zero-order chi connectivity index (χ0) is 13.7. The van der Waals surface area contributed by atoms with Crippen molar-refractivity contribution in [3.05, 3.63) is 5.82 Å². The summed E-state index contributed by atoms with van der Waals surface area (Å²) in [5.41, 5.74) is 6.49. The van der Waals surface area contributed by atoms with E-state index in [-0.39, 0.29) is 6.10 Å². The van der Waals surface area contributed by atoms with E-state index in [1.54, 1.807) is 0 Å². The first kappa shape index (κ1) is 13.9. The Hall–Kier alpha value is -1.56. The average Bonchev–Trinajstić information content (AvgIpc) is 2.93. The van der Waals surface area contributed by atoms with Crippen LogP contribution in [0.15, 0.2) is 0 Å². The Balaban J connectivity index is 2.10. The SMILES string of the molecule is CCOc1nc(CC)nc(NCC2CCCO2)c1N. The van der Waals surface area contributed by atoms with E-state index in [0.717, 1.165) is 38.2 Å². The third-order valence-corrected chi connectivity index (χ3v) is 3.08. The third-order valence-electron chi connectivity index (χ3n) is 3.08. The Morgan fingerprint density at radius 3 is 2.89 bits per heavy atom. The maximum absolute atomic E-state index is 6.02. The molecule has 2 heterocycles. The van der Waals surface area contributed by atoms with E-state index >= 15 is 0 Å². The van der Waals surface area contributed by atoms with E-state index in [9.17, 15) is 0 Å². The first-order chi connectivity index (χ1) is 9.24. The molecule has 6 nitrogen and oxygen atoms in total. The molecule has 0 radical (unpaired) electrons. The van der Waals surface area contributed by atoms with Crippen molar-refractivity contribution in [1.29, 1.82) is 0 Å². The highest BCUT2D eigenvalue weighted by molar-refractivity contribution is 5.67. The zero-order valence-electron chi connectivity index (χ0n) is 11.6. The summed E-state index contributed by atoms with van der Waals surface area (Å²) in [5.74, 6) is 1.84. The topological polar surface area (TPSA) is 82.3 Å². The summed E-state index contributed by atoms with van der Waals surface area (Å²) in [6, 6.07) is 0. The van der Waals surface area contributed by atoms with Gasteiger partial charge in [0, 0.05) is 19.6 Å². The summed E-state index contributed by atoms with van der Waals surface area (Å²) < 4.78 is 11.0. The second-order valence-electron chi connectivity index (χ2n) is 4.51. The van der Waals surface area contributed by atoms with Crippen LogP contribution in [0.5, 0.6) is 5.88 Å². The first-order valence-electron chi connectivity index (χ1n) is 6.89. The standard InChI is InChI=1S/C13H22N4O2/c1-3-10-16-12(11(14)13(17-10)18-4-2)15-8-9-6-5-7-19-9/h9H,3-8,14H2,1-2H3,(H,15,16,17). The van der Waals surface area contributed by atoms with Gasteiger partial charge in [0.1, 0.15) is 11.5 Å². The minimum Gasteiger partial charge on any atom is -0.476 e.